The Kier molecular flexibility index (Phi) is 7.27. The van der Waals surface area contributed by atoms with Crippen molar-refractivity contribution < 1.29 is 23.5 Å². The van der Waals surface area contributed by atoms with Gasteiger partial charge < -0.3 is 19.3 Å². The summed E-state index contributed by atoms with van der Waals surface area (Å²) in [6, 6.07) is 13.3. The Morgan fingerprint density at radius 1 is 1.09 bits per heavy atom. The minimum Gasteiger partial charge on any atom is -0.454 e. The summed E-state index contributed by atoms with van der Waals surface area (Å²) in [6.45, 7) is 6.50. The maximum atomic E-state index is 14.2. The van der Waals surface area contributed by atoms with Crippen LogP contribution in [0.5, 0.6) is 11.5 Å². The first kappa shape index (κ1) is 23.5. The molecule has 0 N–H and O–H groups in total. The van der Waals surface area contributed by atoms with Gasteiger partial charge in [0.15, 0.2) is 11.5 Å². The zero-order valence-corrected chi connectivity index (χ0v) is 19.6. The van der Waals surface area contributed by atoms with E-state index in [2.05, 4.69) is 6.58 Å². The van der Waals surface area contributed by atoms with E-state index in [-0.39, 0.29) is 31.4 Å². The second-order valence-corrected chi connectivity index (χ2v) is 8.92. The lowest BCUT2D eigenvalue weighted by Crippen LogP contribution is -2.42. The van der Waals surface area contributed by atoms with E-state index in [9.17, 15) is 14.0 Å². The monoisotopic (exact) mass is 480 g/mol. The molecule has 0 spiro atoms. The highest BCUT2D eigenvalue weighted by Gasteiger charge is 2.25. The molecule has 1 aliphatic rings. The molecule has 0 radical (unpaired) electrons. The Morgan fingerprint density at radius 3 is 2.62 bits per heavy atom. The molecule has 2 aromatic carbocycles. The van der Waals surface area contributed by atoms with Crippen LogP contribution in [0.2, 0.25) is 0 Å². The number of rotatable bonds is 9. The fraction of sp³-hybridized carbons (Fsp3) is 0.231. The number of hydrogen-bond acceptors (Lipinski definition) is 5. The second-order valence-electron chi connectivity index (χ2n) is 7.92. The molecule has 2 heterocycles. The van der Waals surface area contributed by atoms with E-state index in [4.69, 9.17) is 9.47 Å². The number of ether oxygens (including phenoxy) is 2. The Hall–Kier alpha value is -3.65. The molecule has 8 heteroatoms. The molecule has 0 unspecified atom stereocenters. The van der Waals surface area contributed by atoms with Crippen molar-refractivity contribution in [3.05, 3.63) is 94.0 Å². The van der Waals surface area contributed by atoms with Crippen LogP contribution in [0.3, 0.4) is 0 Å². The second kappa shape index (κ2) is 10.5. The number of halogens is 1. The van der Waals surface area contributed by atoms with Crippen molar-refractivity contribution in [3.8, 4) is 11.5 Å². The quantitative estimate of drug-likeness (QED) is 0.414. The van der Waals surface area contributed by atoms with E-state index < -0.39 is 11.7 Å². The first-order valence-corrected chi connectivity index (χ1v) is 11.7. The molecule has 176 valence electrons. The minimum atomic E-state index is -0.625. The van der Waals surface area contributed by atoms with E-state index in [0.29, 0.717) is 24.6 Å². The van der Waals surface area contributed by atoms with Crippen molar-refractivity contribution >= 4 is 23.2 Å². The van der Waals surface area contributed by atoms with E-state index in [1.54, 1.807) is 22.3 Å². The third-order valence-corrected chi connectivity index (χ3v) is 6.54. The molecule has 1 aromatic heterocycles. The van der Waals surface area contributed by atoms with Crippen molar-refractivity contribution in [2.45, 2.75) is 20.0 Å². The summed E-state index contributed by atoms with van der Waals surface area (Å²) in [6.07, 6.45) is 1.53. The third-order valence-electron chi connectivity index (χ3n) is 5.53. The van der Waals surface area contributed by atoms with Gasteiger partial charge in [-0.1, -0.05) is 24.3 Å². The van der Waals surface area contributed by atoms with Crippen molar-refractivity contribution in [1.29, 1.82) is 0 Å². The number of benzene rings is 2. The number of carbonyl (C=O) groups is 2. The standard InChI is InChI=1S/C26H25FN2O4S/c1-3-11-28(26(31)20-6-4-5-7-21(20)27)16-25(30)29(15-24-18(2)10-12-34-24)14-19-8-9-22-23(13-19)33-17-32-22/h3-10,12-13H,1,11,14-17H2,2H3. The average Bonchev–Trinajstić information content (AvgIpc) is 3.46. The van der Waals surface area contributed by atoms with Crippen LogP contribution in [0.25, 0.3) is 0 Å². The van der Waals surface area contributed by atoms with Crippen LogP contribution in [-0.2, 0) is 17.9 Å². The fourth-order valence-corrected chi connectivity index (χ4v) is 4.60. The summed E-state index contributed by atoms with van der Waals surface area (Å²) in [5, 5.41) is 1.99. The van der Waals surface area contributed by atoms with Crippen LogP contribution in [-0.4, -0.2) is 41.5 Å². The van der Waals surface area contributed by atoms with Crippen LogP contribution in [0, 0.1) is 12.7 Å². The Bertz CT molecular complexity index is 1210. The van der Waals surface area contributed by atoms with Gasteiger partial charge in [-0.05, 0) is 53.8 Å². The topological polar surface area (TPSA) is 59.1 Å². The number of aryl methyl sites for hydroxylation is 1. The molecule has 0 aliphatic carbocycles. The maximum Gasteiger partial charge on any atom is 0.257 e. The van der Waals surface area contributed by atoms with Crippen LogP contribution in [0.1, 0.15) is 26.4 Å². The van der Waals surface area contributed by atoms with E-state index in [1.165, 1.54) is 29.2 Å². The van der Waals surface area contributed by atoms with Gasteiger partial charge in [0.05, 0.1) is 12.1 Å². The molecule has 3 aromatic rings. The predicted octanol–water partition coefficient (Wildman–Crippen LogP) is 4.78. The number of fused-ring (bicyclic) bond motifs is 1. The lowest BCUT2D eigenvalue weighted by molar-refractivity contribution is -0.133. The van der Waals surface area contributed by atoms with E-state index >= 15 is 0 Å². The van der Waals surface area contributed by atoms with Gasteiger partial charge in [0.1, 0.15) is 12.4 Å². The lowest BCUT2D eigenvalue weighted by atomic mass is 10.1. The number of amides is 2. The summed E-state index contributed by atoms with van der Waals surface area (Å²) in [5.41, 5.74) is 1.90. The molecule has 0 bridgehead atoms. The van der Waals surface area contributed by atoms with E-state index in [1.807, 2.05) is 36.6 Å². The summed E-state index contributed by atoms with van der Waals surface area (Å²) in [5.74, 6) is -0.122. The Morgan fingerprint density at radius 2 is 1.88 bits per heavy atom. The molecule has 0 fully saturated rings. The molecule has 0 saturated heterocycles. The third kappa shape index (κ3) is 5.28. The van der Waals surface area contributed by atoms with Gasteiger partial charge in [-0.3, -0.25) is 9.59 Å². The van der Waals surface area contributed by atoms with Gasteiger partial charge in [0, 0.05) is 18.0 Å². The summed E-state index contributed by atoms with van der Waals surface area (Å²) in [4.78, 5) is 30.6. The molecule has 0 saturated carbocycles. The summed E-state index contributed by atoms with van der Waals surface area (Å²) >= 11 is 1.58. The molecule has 2 amide bonds. The van der Waals surface area contributed by atoms with Crippen LogP contribution < -0.4 is 9.47 Å². The highest BCUT2D eigenvalue weighted by Crippen LogP contribution is 2.33. The predicted molar refractivity (Wildman–Crippen MR) is 128 cm³/mol. The average molecular weight is 481 g/mol. The molecular weight excluding hydrogens is 455 g/mol. The van der Waals surface area contributed by atoms with Crippen LogP contribution in [0.4, 0.5) is 4.39 Å². The lowest BCUT2D eigenvalue weighted by Gasteiger charge is -2.27. The molecule has 0 atom stereocenters. The number of carbonyl (C=O) groups excluding carboxylic acids is 2. The van der Waals surface area contributed by atoms with Gasteiger partial charge >= 0.3 is 0 Å². The summed E-state index contributed by atoms with van der Waals surface area (Å²) < 4.78 is 25.1. The maximum absolute atomic E-state index is 14.2. The largest absolute Gasteiger partial charge is 0.454 e. The molecule has 34 heavy (non-hydrogen) atoms. The smallest absolute Gasteiger partial charge is 0.257 e. The fourth-order valence-electron chi connectivity index (χ4n) is 3.67. The molecule has 4 rings (SSSR count). The summed E-state index contributed by atoms with van der Waals surface area (Å²) in [7, 11) is 0. The Balaban J connectivity index is 1.57. The molecular formula is C26H25FN2O4S. The SMILES string of the molecule is C=CCN(CC(=O)N(Cc1ccc2c(c1)OCO2)Cc1sccc1C)C(=O)c1ccccc1F. The van der Waals surface area contributed by atoms with Crippen LogP contribution in [0.15, 0.2) is 66.6 Å². The van der Waals surface area contributed by atoms with Crippen molar-refractivity contribution in [2.24, 2.45) is 0 Å². The Labute approximate surface area is 201 Å². The highest BCUT2D eigenvalue weighted by atomic mass is 32.1. The minimum absolute atomic E-state index is 0.0754. The van der Waals surface area contributed by atoms with Gasteiger partial charge in [-0.2, -0.15) is 0 Å². The van der Waals surface area contributed by atoms with Crippen molar-refractivity contribution in [3.63, 3.8) is 0 Å². The van der Waals surface area contributed by atoms with Gasteiger partial charge in [0.2, 0.25) is 12.7 Å². The van der Waals surface area contributed by atoms with Crippen LogP contribution >= 0.6 is 11.3 Å². The van der Waals surface area contributed by atoms with Gasteiger partial charge in [-0.25, -0.2) is 4.39 Å². The zero-order chi connectivity index (χ0) is 24.1. The number of hydrogen-bond donors (Lipinski definition) is 0. The molecule has 1 aliphatic heterocycles. The zero-order valence-electron chi connectivity index (χ0n) is 18.8. The number of nitrogens with zero attached hydrogens (tertiary/aromatic N) is 2. The van der Waals surface area contributed by atoms with Gasteiger partial charge in [0.25, 0.3) is 5.91 Å². The van der Waals surface area contributed by atoms with Crippen molar-refractivity contribution in [2.75, 3.05) is 19.9 Å². The van der Waals surface area contributed by atoms with Crippen molar-refractivity contribution in [1.82, 2.24) is 9.80 Å². The first-order valence-electron chi connectivity index (χ1n) is 10.8. The van der Waals surface area contributed by atoms with E-state index in [0.717, 1.165) is 16.0 Å². The van der Waals surface area contributed by atoms with Gasteiger partial charge in [-0.15, -0.1) is 17.9 Å². The first-order chi connectivity index (χ1) is 16.5. The highest BCUT2D eigenvalue weighted by molar-refractivity contribution is 7.10. The normalized spacial score (nSPS) is 11.8. The molecule has 6 nitrogen and oxygen atoms in total. The number of thiophene rings is 1.